The van der Waals surface area contributed by atoms with E-state index < -0.39 is 29.9 Å². The Labute approximate surface area is 193 Å². The van der Waals surface area contributed by atoms with E-state index in [0.29, 0.717) is 22.7 Å². The summed E-state index contributed by atoms with van der Waals surface area (Å²) in [5.41, 5.74) is 1.16. The number of carbonyl (C=O) groups is 3. The van der Waals surface area contributed by atoms with Gasteiger partial charge in [-0.25, -0.2) is 4.79 Å². The van der Waals surface area contributed by atoms with Crippen molar-refractivity contribution in [2.75, 3.05) is 5.32 Å². The van der Waals surface area contributed by atoms with Crippen molar-refractivity contribution in [1.29, 1.82) is 0 Å². The average molecular weight is 541 g/mol. The normalized spacial score (nSPS) is 17.4. The summed E-state index contributed by atoms with van der Waals surface area (Å²) in [7, 11) is 0. The highest BCUT2D eigenvalue weighted by atomic mass is 127. The lowest BCUT2D eigenvalue weighted by molar-refractivity contribution is -0.144. The molecule has 6 nitrogen and oxygen atoms in total. The van der Waals surface area contributed by atoms with Crippen LogP contribution in [0.1, 0.15) is 48.7 Å². The molecule has 2 atom stereocenters. The Morgan fingerprint density at radius 2 is 1.83 bits per heavy atom. The van der Waals surface area contributed by atoms with Crippen molar-refractivity contribution < 1.29 is 19.5 Å². The van der Waals surface area contributed by atoms with Gasteiger partial charge < -0.3 is 15.3 Å². The maximum absolute atomic E-state index is 13.6. The molecule has 0 fully saturated rings. The third-order valence-corrected chi connectivity index (χ3v) is 5.98. The fraction of sp³-hybridized carbons (Fsp3) is 0.318. The second kappa shape index (κ2) is 9.34. The maximum Gasteiger partial charge on any atom is 0.326 e. The summed E-state index contributed by atoms with van der Waals surface area (Å²) in [6.07, 6.45) is 0.851. The number of hydrogen-bond acceptors (Lipinski definition) is 3. The van der Waals surface area contributed by atoms with Crippen LogP contribution in [0.25, 0.3) is 0 Å². The zero-order valence-electron chi connectivity index (χ0n) is 16.6. The van der Waals surface area contributed by atoms with Crippen LogP contribution in [0.5, 0.6) is 0 Å². The molecule has 0 aromatic heterocycles. The minimum Gasteiger partial charge on any atom is -0.480 e. The van der Waals surface area contributed by atoms with Gasteiger partial charge in [0.05, 0.1) is 11.3 Å². The molecule has 1 aliphatic rings. The number of hydrogen-bond donors (Lipinski definition) is 2. The third kappa shape index (κ3) is 4.78. The Balaban J connectivity index is 2.17. The quantitative estimate of drug-likeness (QED) is 0.507. The number of rotatable bonds is 6. The molecule has 8 heteroatoms. The average Bonchev–Trinajstić information content (AvgIpc) is 2.78. The zero-order valence-corrected chi connectivity index (χ0v) is 19.5. The topological polar surface area (TPSA) is 86.7 Å². The molecule has 0 aliphatic carbocycles. The molecule has 30 heavy (non-hydrogen) atoms. The van der Waals surface area contributed by atoms with Crippen LogP contribution in [0.3, 0.4) is 0 Å². The molecule has 1 heterocycles. The van der Waals surface area contributed by atoms with Crippen molar-refractivity contribution in [2.24, 2.45) is 5.92 Å². The standard InChI is InChI=1S/C22H22ClIN2O4/c1-12(2)3-10-18(22(29)30)26-19(13-4-6-14(23)7-5-13)20(27)25-17-9-8-15(24)11-16(17)21(26)28/h4-9,11-12,18-19H,3,10H2,1-2H3,(H,25,27)(H,29,30). The van der Waals surface area contributed by atoms with Crippen LogP contribution in [0, 0.1) is 9.49 Å². The van der Waals surface area contributed by atoms with Gasteiger partial charge in [0.1, 0.15) is 12.1 Å². The van der Waals surface area contributed by atoms with Gasteiger partial charge >= 0.3 is 5.97 Å². The highest BCUT2D eigenvalue weighted by Crippen LogP contribution is 2.35. The molecule has 2 unspecified atom stereocenters. The summed E-state index contributed by atoms with van der Waals surface area (Å²) in [5, 5.41) is 13.3. The lowest BCUT2D eigenvalue weighted by Gasteiger charge is -2.34. The van der Waals surface area contributed by atoms with Gasteiger partial charge in [-0.2, -0.15) is 0 Å². The van der Waals surface area contributed by atoms with Gasteiger partial charge in [-0.05, 0) is 77.2 Å². The van der Waals surface area contributed by atoms with Crippen LogP contribution in [0.15, 0.2) is 42.5 Å². The van der Waals surface area contributed by atoms with Gasteiger partial charge in [0, 0.05) is 8.59 Å². The molecule has 2 N–H and O–H groups in total. The summed E-state index contributed by atoms with van der Waals surface area (Å²) in [4.78, 5) is 40.3. The third-order valence-electron chi connectivity index (χ3n) is 5.05. The number of halogens is 2. The van der Waals surface area contributed by atoms with E-state index in [1.54, 1.807) is 42.5 Å². The van der Waals surface area contributed by atoms with E-state index >= 15 is 0 Å². The van der Waals surface area contributed by atoms with Gasteiger partial charge in [-0.15, -0.1) is 0 Å². The first-order chi connectivity index (χ1) is 14.2. The number of nitrogens with one attached hydrogen (secondary N) is 1. The first-order valence-electron chi connectivity index (χ1n) is 9.60. The Morgan fingerprint density at radius 3 is 2.43 bits per heavy atom. The SMILES string of the molecule is CC(C)CCC(C(=O)O)N1C(=O)c2cc(I)ccc2NC(=O)C1c1ccc(Cl)cc1. The molecular formula is C22H22ClIN2O4. The summed E-state index contributed by atoms with van der Waals surface area (Å²) >= 11 is 8.08. The van der Waals surface area contributed by atoms with Crippen LogP contribution >= 0.6 is 34.2 Å². The smallest absolute Gasteiger partial charge is 0.326 e. The van der Waals surface area contributed by atoms with Crippen molar-refractivity contribution in [3.05, 3.63) is 62.2 Å². The Bertz CT molecular complexity index is 978. The van der Waals surface area contributed by atoms with Crippen molar-refractivity contribution in [2.45, 2.75) is 38.8 Å². The number of nitrogens with zero attached hydrogens (tertiary/aromatic N) is 1. The largest absolute Gasteiger partial charge is 0.480 e. The minimum atomic E-state index is -1.14. The second-order valence-electron chi connectivity index (χ2n) is 7.67. The predicted molar refractivity (Wildman–Crippen MR) is 124 cm³/mol. The van der Waals surface area contributed by atoms with Crippen molar-refractivity contribution in [3.63, 3.8) is 0 Å². The second-order valence-corrected chi connectivity index (χ2v) is 9.35. The molecule has 2 aromatic carbocycles. The Kier molecular flexibility index (Phi) is 7.02. The molecule has 0 saturated carbocycles. The number of anilines is 1. The molecule has 0 bridgehead atoms. The molecule has 2 amide bonds. The molecule has 2 aromatic rings. The van der Waals surface area contributed by atoms with Crippen LogP contribution in [-0.4, -0.2) is 33.8 Å². The maximum atomic E-state index is 13.6. The molecular weight excluding hydrogens is 519 g/mol. The van der Waals surface area contributed by atoms with Gasteiger partial charge in [-0.3, -0.25) is 9.59 Å². The van der Waals surface area contributed by atoms with E-state index in [-0.39, 0.29) is 17.9 Å². The molecule has 0 radical (unpaired) electrons. The number of fused-ring (bicyclic) bond motifs is 1. The number of aliphatic carboxylic acids is 1. The van der Waals surface area contributed by atoms with E-state index in [1.165, 1.54) is 4.90 Å². The van der Waals surface area contributed by atoms with Crippen molar-refractivity contribution in [3.8, 4) is 0 Å². The van der Waals surface area contributed by atoms with E-state index in [4.69, 9.17) is 11.6 Å². The van der Waals surface area contributed by atoms with Gasteiger partial charge in [0.25, 0.3) is 11.8 Å². The van der Waals surface area contributed by atoms with E-state index in [1.807, 2.05) is 13.8 Å². The highest BCUT2D eigenvalue weighted by molar-refractivity contribution is 14.1. The molecule has 158 valence electrons. The number of benzene rings is 2. The van der Waals surface area contributed by atoms with E-state index in [2.05, 4.69) is 27.9 Å². The van der Waals surface area contributed by atoms with Gasteiger partial charge in [-0.1, -0.05) is 37.6 Å². The predicted octanol–water partition coefficient (Wildman–Crippen LogP) is 4.97. The fourth-order valence-corrected chi connectivity index (χ4v) is 4.15. The number of carbonyl (C=O) groups excluding carboxylic acids is 2. The molecule has 0 saturated heterocycles. The zero-order chi connectivity index (χ0) is 22.0. The van der Waals surface area contributed by atoms with Crippen LogP contribution in [0.4, 0.5) is 5.69 Å². The summed E-state index contributed by atoms with van der Waals surface area (Å²) in [6, 6.07) is 9.42. The summed E-state index contributed by atoms with van der Waals surface area (Å²) in [5.74, 6) is -1.82. The van der Waals surface area contributed by atoms with Crippen LogP contribution in [-0.2, 0) is 9.59 Å². The minimum absolute atomic E-state index is 0.245. The van der Waals surface area contributed by atoms with Crippen molar-refractivity contribution in [1.82, 2.24) is 4.90 Å². The first-order valence-corrected chi connectivity index (χ1v) is 11.1. The van der Waals surface area contributed by atoms with Gasteiger partial charge in [0.2, 0.25) is 0 Å². The van der Waals surface area contributed by atoms with E-state index in [0.717, 1.165) is 3.57 Å². The fourth-order valence-electron chi connectivity index (χ4n) is 3.54. The Hall–Kier alpha value is -2.13. The molecule has 1 aliphatic heterocycles. The summed E-state index contributed by atoms with van der Waals surface area (Å²) < 4.78 is 0.813. The number of amides is 2. The highest BCUT2D eigenvalue weighted by Gasteiger charge is 2.42. The summed E-state index contributed by atoms with van der Waals surface area (Å²) in [6.45, 7) is 3.98. The van der Waals surface area contributed by atoms with Crippen LogP contribution in [0.2, 0.25) is 5.02 Å². The van der Waals surface area contributed by atoms with Gasteiger partial charge in [0.15, 0.2) is 0 Å². The number of carboxylic acids is 1. The first kappa shape index (κ1) is 22.6. The number of carboxylic acid groups (broad SMARTS) is 1. The Morgan fingerprint density at radius 1 is 1.17 bits per heavy atom. The lowest BCUT2D eigenvalue weighted by Crippen LogP contribution is -2.49. The molecule has 0 spiro atoms. The molecule has 3 rings (SSSR count). The monoisotopic (exact) mass is 540 g/mol. The van der Waals surface area contributed by atoms with Crippen molar-refractivity contribution >= 4 is 57.7 Å². The lowest BCUT2D eigenvalue weighted by atomic mass is 9.97. The van der Waals surface area contributed by atoms with E-state index in [9.17, 15) is 19.5 Å². The van der Waals surface area contributed by atoms with Crippen LogP contribution < -0.4 is 5.32 Å².